The van der Waals surface area contributed by atoms with Crippen molar-refractivity contribution in [2.45, 2.75) is 45.9 Å². The number of rotatable bonds is 6. The van der Waals surface area contributed by atoms with Crippen LogP contribution in [-0.2, 0) is 19.6 Å². The zero-order chi connectivity index (χ0) is 17.6. The van der Waals surface area contributed by atoms with Gasteiger partial charge in [0.25, 0.3) is 0 Å². The zero-order valence-electron chi connectivity index (χ0n) is 15.0. The highest BCUT2D eigenvalue weighted by molar-refractivity contribution is 5.78. The van der Waals surface area contributed by atoms with Crippen LogP contribution in [0.25, 0.3) is 0 Å². The minimum absolute atomic E-state index is 0.0869. The van der Waals surface area contributed by atoms with Crippen LogP contribution in [0, 0.1) is 0 Å². The first kappa shape index (κ1) is 18.1. The van der Waals surface area contributed by atoms with E-state index in [4.69, 9.17) is 10.2 Å². The van der Waals surface area contributed by atoms with Gasteiger partial charge in [-0.05, 0) is 51.1 Å². The lowest BCUT2D eigenvalue weighted by atomic mass is 10.1. The fourth-order valence-electron chi connectivity index (χ4n) is 2.48. The van der Waals surface area contributed by atoms with E-state index in [0.29, 0.717) is 12.5 Å². The molecule has 1 aromatic carbocycles. The number of furan rings is 1. The molecule has 0 radical (unpaired) electrons. The summed E-state index contributed by atoms with van der Waals surface area (Å²) < 4.78 is 5.41. The van der Waals surface area contributed by atoms with E-state index in [9.17, 15) is 0 Å². The number of nitrogens with one attached hydrogen (secondary N) is 1. The maximum absolute atomic E-state index is 5.97. The molecule has 2 rings (SSSR count). The third-order valence-corrected chi connectivity index (χ3v) is 3.49. The quantitative estimate of drug-likeness (QED) is 0.631. The van der Waals surface area contributed by atoms with Gasteiger partial charge in [-0.25, -0.2) is 4.99 Å². The molecule has 0 saturated carbocycles. The molecule has 0 aliphatic heterocycles. The Morgan fingerprint density at radius 3 is 2.46 bits per heavy atom. The van der Waals surface area contributed by atoms with Crippen LogP contribution in [0.5, 0.6) is 0 Å². The maximum atomic E-state index is 5.97. The Kier molecular flexibility index (Phi) is 6.04. The minimum Gasteiger partial charge on any atom is -0.468 e. The molecule has 130 valence electrons. The third kappa shape index (κ3) is 6.08. The molecular weight excluding hydrogens is 300 g/mol. The fourth-order valence-corrected chi connectivity index (χ4v) is 2.48. The topological polar surface area (TPSA) is 66.8 Å². The van der Waals surface area contributed by atoms with E-state index >= 15 is 0 Å². The van der Waals surface area contributed by atoms with Gasteiger partial charge in [0.1, 0.15) is 5.76 Å². The molecule has 0 fully saturated rings. The molecule has 0 spiro atoms. The second-order valence-electron chi connectivity index (χ2n) is 7.10. The number of hydrogen-bond acceptors (Lipinski definition) is 3. The van der Waals surface area contributed by atoms with Crippen molar-refractivity contribution in [2.75, 3.05) is 7.05 Å². The molecule has 0 amide bonds. The molecule has 1 aromatic heterocycles. The maximum Gasteiger partial charge on any atom is 0.189 e. The molecule has 0 aliphatic carbocycles. The van der Waals surface area contributed by atoms with Crippen LogP contribution in [0.4, 0.5) is 0 Å². The van der Waals surface area contributed by atoms with Crippen molar-refractivity contribution in [2.24, 2.45) is 10.7 Å². The fraction of sp³-hybridized carbons (Fsp3) is 0.421. The summed E-state index contributed by atoms with van der Waals surface area (Å²) in [7, 11) is 2.08. The van der Waals surface area contributed by atoms with Gasteiger partial charge in [-0.1, -0.05) is 24.3 Å². The summed E-state index contributed by atoms with van der Waals surface area (Å²) in [6.07, 6.45) is 1.71. The Morgan fingerprint density at radius 2 is 1.83 bits per heavy atom. The minimum atomic E-state index is -0.0869. The van der Waals surface area contributed by atoms with Crippen LogP contribution in [0.3, 0.4) is 0 Å². The molecule has 0 saturated heterocycles. The number of hydrogen-bond donors (Lipinski definition) is 2. The number of nitrogens with two attached hydrogens (primary N) is 1. The third-order valence-electron chi connectivity index (χ3n) is 3.49. The van der Waals surface area contributed by atoms with Gasteiger partial charge < -0.3 is 15.5 Å². The second-order valence-corrected chi connectivity index (χ2v) is 7.10. The SMILES string of the molecule is CN(Cc1ccco1)Cc1ccccc1CN=C(N)NC(C)(C)C. The lowest BCUT2D eigenvalue weighted by Gasteiger charge is -2.21. The largest absolute Gasteiger partial charge is 0.468 e. The first-order valence-corrected chi connectivity index (χ1v) is 8.19. The molecule has 2 aromatic rings. The molecule has 3 N–H and O–H groups in total. The van der Waals surface area contributed by atoms with Crippen molar-refractivity contribution in [3.63, 3.8) is 0 Å². The van der Waals surface area contributed by atoms with Gasteiger partial charge >= 0.3 is 0 Å². The lowest BCUT2D eigenvalue weighted by Crippen LogP contribution is -2.45. The van der Waals surface area contributed by atoms with Gasteiger partial charge in [0.2, 0.25) is 0 Å². The summed E-state index contributed by atoms with van der Waals surface area (Å²) in [5.74, 6) is 1.44. The van der Waals surface area contributed by atoms with Crippen molar-refractivity contribution in [1.82, 2.24) is 10.2 Å². The van der Waals surface area contributed by atoms with Crippen LogP contribution in [0.15, 0.2) is 52.1 Å². The van der Waals surface area contributed by atoms with E-state index in [1.165, 1.54) is 11.1 Å². The highest BCUT2D eigenvalue weighted by Crippen LogP contribution is 2.14. The number of aliphatic imine (C=N–C) groups is 1. The average molecular weight is 328 g/mol. The Hall–Kier alpha value is -2.27. The monoisotopic (exact) mass is 328 g/mol. The molecule has 24 heavy (non-hydrogen) atoms. The van der Waals surface area contributed by atoms with Crippen LogP contribution in [-0.4, -0.2) is 23.4 Å². The summed E-state index contributed by atoms with van der Waals surface area (Å²) in [5.41, 5.74) is 8.31. The van der Waals surface area contributed by atoms with Crippen LogP contribution in [0.2, 0.25) is 0 Å². The smallest absolute Gasteiger partial charge is 0.189 e. The second kappa shape index (κ2) is 8.02. The number of nitrogens with zero attached hydrogens (tertiary/aromatic N) is 2. The van der Waals surface area contributed by atoms with Crippen LogP contribution >= 0.6 is 0 Å². The van der Waals surface area contributed by atoms with E-state index in [0.717, 1.165) is 18.8 Å². The van der Waals surface area contributed by atoms with Crippen LogP contribution < -0.4 is 11.1 Å². The predicted molar refractivity (Wildman–Crippen MR) is 98.5 cm³/mol. The Labute approximate surface area is 144 Å². The molecule has 1 heterocycles. The summed E-state index contributed by atoms with van der Waals surface area (Å²) in [6, 6.07) is 12.2. The van der Waals surface area contributed by atoms with E-state index in [-0.39, 0.29) is 5.54 Å². The standard InChI is InChI=1S/C19H28N4O/c1-19(2,3)22-18(20)21-12-15-8-5-6-9-16(15)13-23(4)14-17-10-7-11-24-17/h5-11H,12-14H2,1-4H3,(H3,20,21,22). The molecule has 5 nitrogen and oxygen atoms in total. The van der Waals surface area contributed by atoms with E-state index < -0.39 is 0 Å². The van der Waals surface area contributed by atoms with Gasteiger partial charge in [0.15, 0.2) is 5.96 Å². The molecule has 0 bridgehead atoms. The number of benzene rings is 1. The molecule has 0 aliphatic rings. The van der Waals surface area contributed by atoms with Gasteiger partial charge in [-0.2, -0.15) is 0 Å². The predicted octanol–water partition coefficient (Wildman–Crippen LogP) is 3.11. The first-order valence-electron chi connectivity index (χ1n) is 8.19. The van der Waals surface area contributed by atoms with Gasteiger partial charge in [0, 0.05) is 12.1 Å². The number of guanidine groups is 1. The van der Waals surface area contributed by atoms with Crippen molar-refractivity contribution in [1.29, 1.82) is 0 Å². The normalized spacial score (nSPS) is 12.6. The van der Waals surface area contributed by atoms with E-state index in [2.05, 4.69) is 61.2 Å². The highest BCUT2D eigenvalue weighted by Gasteiger charge is 2.10. The van der Waals surface area contributed by atoms with Crippen molar-refractivity contribution < 1.29 is 4.42 Å². The molecular formula is C19H28N4O. The first-order chi connectivity index (χ1) is 11.3. The summed E-state index contributed by atoms with van der Waals surface area (Å²) >= 11 is 0. The molecule has 0 unspecified atom stereocenters. The average Bonchev–Trinajstić information content (AvgIpc) is 2.97. The lowest BCUT2D eigenvalue weighted by molar-refractivity contribution is 0.287. The highest BCUT2D eigenvalue weighted by atomic mass is 16.3. The van der Waals surface area contributed by atoms with Crippen molar-refractivity contribution >= 4 is 5.96 Å². The Morgan fingerprint density at radius 1 is 1.12 bits per heavy atom. The summed E-state index contributed by atoms with van der Waals surface area (Å²) in [5, 5.41) is 3.18. The molecule has 0 atom stereocenters. The Bertz CT molecular complexity index is 656. The van der Waals surface area contributed by atoms with Crippen molar-refractivity contribution in [3.8, 4) is 0 Å². The van der Waals surface area contributed by atoms with Crippen LogP contribution in [0.1, 0.15) is 37.7 Å². The zero-order valence-corrected chi connectivity index (χ0v) is 15.0. The Balaban J connectivity index is 2.00. The van der Waals surface area contributed by atoms with Gasteiger partial charge in [-0.15, -0.1) is 0 Å². The molecule has 5 heteroatoms. The summed E-state index contributed by atoms with van der Waals surface area (Å²) in [6.45, 7) is 8.36. The van der Waals surface area contributed by atoms with Gasteiger partial charge in [-0.3, -0.25) is 4.90 Å². The van der Waals surface area contributed by atoms with E-state index in [1.54, 1.807) is 6.26 Å². The van der Waals surface area contributed by atoms with E-state index in [1.807, 2.05) is 18.2 Å². The summed E-state index contributed by atoms with van der Waals surface area (Å²) in [4.78, 5) is 6.69. The van der Waals surface area contributed by atoms with Crippen molar-refractivity contribution in [3.05, 3.63) is 59.5 Å². The van der Waals surface area contributed by atoms with Gasteiger partial charge in [0.05, 0.1) is 19.4 Å².